The lowest BCUT2D eigenvalue weighted by molar-refractivity contribution is -0.385. The number of rotatable bonds is 7. The lowest BCUT2D eigenvalue weighted by atomic mass is 10.1. The van der Waals surface area contributed by atoms with Gasteiger partial charge in [-0.1, -0.05) is 12.1 Å². The average molecular weight is 502 g/mol. The van der Waals surface area contributed by atoms with Gasteiger partial charge in [0.2, 0.25) is 5.75 Å². The van der Waals surface area contributed by atoms with Crippen LogP contribution in [-0.4, -0.2) is 27.9 Å². The van der Waals surface area contributed by atoms with E-state index in [1.165, 1.54) is 24.3 Å². The number of nitrogens with one attached hydrogen (secondary N) is 1. The topological polar surface area (TPSA) is 154 Å². The normalized spacial score (nSPS) is 11.2. The van der Waals surface area contributed by atoms with Gasteiger partial charge in [-0.15, -0.1) is 0 Å². The summed E-state index contributed by atoms with van der Waals surface area (Å²) in [6, 6.07) is 11.4. The zero-order valence-corrected chi connectivity index (χ0v) is 17.8. The number of para-hydroxylation sites is 1. The first kappa shape index (κ1) is 25.5. The zero-order valence-electron chi connectivity index (χ0n) is 17.8. The van der Waals surface area contributed by atoms with Gasteiger partial charge in [0.25, 0.3) is 11.6 Å². The molecule has 0 atom stereocenters. The molecule has 3 rings (SSSR count). The number of hydrogen-bond donors (Lipinski definition) is 1. The van der Waals surface area contributed by atoms with Crippen LogP contribution in [0.25, 0.3) is 0 Å². The molecule has 0 aromatic heterocycles. The van der Waals surface area contributed by atoms with Crippen molar-refractivity contribution < 1.29 is 37.3 Å². The SMILES string of the molecule is O=C(N/N=C/c1cccc([N+](=O)[O-])c1OC(=O)c1cccc(C(F)(F)F)c1)c1ccc([N+](=O)[O-])cc1. The Labute approximate surface area is 199 Å². The van der Waals surface area contributed by atoms with Crippen LogP contribution in [0.4, 0.5) is 24.5 Å². The van der Waals surface area contributed by atoms with Gasteiger partial charge in [0.05, 0.1) is 27.2 Å². The monoisotopic (exact) mass is 502 g/mol. The predicted octanol–water partition coefficient (Wildman–Crippen LogP) is 4.50. The summed E-state index contributed by atoms with van der Waals surface area (Å²) in [4.78, 5) is 45.3. The van der Waals surface area contributed by atoms with Gasteiger partial charge in [-0.05, 0) is 36.4 Å². The molecule has 1 N–H and O–H groups in total. The van der Waals surface area contributed by atoms with Crippen molar-refractivity contribution in [3.8, 4) is 5.75 Å². The van der Waals surface area contributed by atoms with E-state index >= 15 is 0 Å². The first-order valence-electron chi connectivity index (χ1n) is 9.72. The number of hydrogen-bond acceptors (Lipinski definition) is 8. The highest BCUT2D eigenvalue weighted by molar-refractivity contribution is 5.96. The molecule has 36 heavy (non-hydrogen) atoms. The Kier molecular flexibility index (Phi) is 7.37. The molecule has 0 heterocycles. The number of amides is 1. The van der Waals surface area contributed by atoms with Gasteiger partial charge in [0.15, 0.2) is 0 Å². The van der Waals surface area contributed by atoms with E-state index in [1.54, 1.807) is 0 Å². The molecule has 0 bridgehead atoms. The van der Waals surface area contributed by atoms with E-state index in [2.05, 4.69) is 10.5 Å². The third-order valence-electron chi connectivity index (χ3n) is 4.55. The van der Waals surface area contributed by atoms with Crippen LogP contribution < -0.4 is 10.2 Å². The molecule has 0 saturated heterocycles. The molecule has 0 spiro atoms. The Hall–Kier alpha value is -5.14. The van der Waals surface area contributed by atoms with Crippen molar-refractivity contribution in [1.82, 2.24) is 5.43 Å². The van der Waals surface area contributed by atoms with Gasteiger partial charge >= 0.3 is 17.8 Å². The lowest BCUT2D eigenvalue weighted by Crippen LogP contribution is -2.18. The number of carbonyl (C=O) groups is 2. The molecule has 11 nitrogen and oxygen atoms in total. The van der Waals surface area contributed by atoms with E-state index < -0.39 is 50.5 Å². The van der Waals surface area contributed by atoms with E-state index in [0.29, 0.717) is 6.07 Å². The second kappa shape index (κ2) is 10.4. The fourth-order valence-electron chi connectivity index (χ4n) is 2.83. The maximum Gasteiger partial charge on any atom is 0.416 e. The number of esters is 1. The van der Waals surface area contributed by atoms with Crippen LogP contribution in [0.3, 0.4) is 0 Å². The molecule has 3 aromatic carbocycles. The van der Waals surface area contributed by atoms with Crippen LogP contribution in [-0.2, 0) is 6.18 Å². The van der Waals surface area contributed by atoms with E-state index in [9.17, 15) is 43.0 Å². The molecular formula is C22H13F3N4O7. The van der Waals surface area contributed by atoms with Crippen LogP contribution in [0.2, 0.25) is 0 Å². The highest BCUT2D eigenvalue weighted by atomic mass is 19.4. The van der Waals surface area contributed by atoms with Crippen molar-refractivity contribution in [2.75, 3.05) is 0 Å². The van der Waals surface area contributed by atoms with Gasteiger partial charge in [0.1, 0.15) is 0 Å². The number of nitro groups is 2. The van der Waals surface area contributed by atoms with E-state index in [0.717, 1.165) is 42.6 Å². The van der Waals surface area contributed by atoms with Gasteiger partial charge in [-0.2, -0.15) is 18.3 Å². The third-order valence-corrected chi connectivity index (χ3v) is 4.55. The summed E-state index contributed by atoms with van der Waals surface area (Å²) in [5, 5.41) is 25.8. The van der Waals surface area contributed by atoms with E-state index in [1.807, 2.05) is 0 Å². The first-order chi connectivity index (χ1) is 17.0. The van der Waals surface area contributed by atoms with Crippen molar-refractivity contribution in [1.29, 1.82) is 0 Å². The zero-order chi connectivity index (χ0) is 26.5. The Morgan fingerprint density at radius 3 is 2.19 bits per heavy atom. The van der Waals surface area contributed by atoms with Crippen LogP contribution >= 0.6 is 0 Å². The molecule has 1 amide bonds. The minimum Gasteiger partial charge on any atom is -0.415 e. The molecular weight excluding hydrogens is 489 g/mol. The summed E-state index contributed by atoms with van der Waals surface area (Å²) in [6.45, 7) is 0. The van der Waals surface area contributed by atoms with Crippen molar-refractivity contribution in [2.24, 2.45) is 5.10 Å². The minimum atomic E-state index is -4.73. The van der Waals surface area contributed by atoms with Crippen molar-refractivity contribution >= 4 is 29.5 Å². The predicted molar refractivity (Wildman–Crippen MR) is 118 cm³/mol. The van der Waals surface area contributed by atoms with Crippen molar-refractivity contribution in [3.05, 3.63) is 109 Å². The molecule has 0 aliphatic heterocycles. The fraction of sp³-hybridized carbons (Fsp3) is 0.0455. The van der Waals surface area contributed by atoms with Crippen LogP contribution in [0, 0.1) is 20.2 Å². The lowest BCUT2D eigenvalue weighted by Gasteiger charge is -2.10. The smallest absolute Gasteiger partial charge is 0.415 e. The Bertz CT molecular complexity index is 1370. The largest absolute Gasteiger partial charge is 0.416 e. The minimum absolute atomic E-state index is 0.0213. The number of alkyl halides is 3. The quantitative estimate of drug-likeness (QED) is 0.164. The number of non-ortho nitro benzene ring substituents is 1. The number of carbonyl (C=O) groups excluding carboxylic acids is 2. The van der Waals surface area contributed by atoms with Crippen molar-refractivity contribution in [3.63, 3.8) is 0 Å². The molecule has 0 saturated carbocycles. The summed E-state index contributed by atoms with van der Waals surface area (Å²) in [5.41, 5.74) is -0.552. The summed E-state index contributed by atoms with van der Waals surface area (Å²) >= 11 is 0. The van der Waals surface area contributed by atoms with Crippen LogP contribution in [0.1, 0.15) is 31.8 Å². The van der Waals surface area contributed by atoms with E-state index in [4.69, 9.17) is 4.74 Å². The Balaban J connectivity index is 1.84. The molecule has 0 aliphatic rings. The second-order valence-corrected chi connectivity index (χ2v) is 6.92. The molecule has 0 fully saturated rings. The molecule has 0 radical (unpaired) electrons. The summed E-state index contributed by atoms with van der Waals surface area (Å²) < 4.78 is 43.9. The molecule has 3 aromatic rings. The van der Waals surface area contributed by atoms with Crippen molar-refractivity contribution in [2.45, 2.75) is 6.18 Å². The molecule has 0 unspecified atom stereocenters. The number of hydrazone groups is 1. The number of nitro benzene ring substituents is 2. The summed E-state index contributed by atoms with van der Waals surface area (Å²) in [6.07, 6.45) is -3.81. The average Bonchev–Trinajstić information content (AvgIpc) is 2.84. The third kappa shape index (κ3) is 6.05. The Morgan fingerprint density at radius 2 is 1.58 bits per heavy atom. The highest BCUT2D eigenvalue weighted by Crippen LogP contribution is 2.32. The van der Waals surface area contributed by atoms with Gasteiger partial charge in [-0.25, -0.2) is 10.2 Å². The number of nitrogens with zero attached hydrogens (tertiary/aromatic N) is 3. The van der Waals surface area contributed by atoms with Crippen LogP contribution in [0.15, 0.2) is 71.8 Å². The number of benzene rings is 3. The summed E-state index contributed by atoms with van der Waals surface area (Å²) in [7, 11) is 0. The van der Waals surface area contributed by atoms with Crippen LogP contribution in [0.5, 0.6) is 5.75 Å². The molecule has 184 valence electrons. The second-order valence-electron chi connectivity index (χ2n) is 6.92. The fourth-order valence-corrected chi connectivity index (χ4v) is 2.83. The maximum absolute atomic E-state index is 13.0. The van der Waals surface area contributed by atoms with Gasteiger partial charge in [-0.3, -0.25) is 25.0 Å². The number of ether oxygens (including phenoxy) is 1. The standard InChI is InChI=1S/C22H13F3N4O7/c23-22(24,25)16-5-1-3-14(11-16)21(31)36-19-15(4-2-6-18(19)29(34)35)12-26-27-20(30)13-7-9-17(10-8-13)28(32)33/h1-12H,(H,27,30)/b26-12+. The van der Waals surface area contributed by atoms with Gasteiger partial charge < -0.3 is 4.74 Å². The molecule has 14 heteroatoms. The van der Waals surface area contributed by atoms with E-state index in [-0.39, 0.29) is 16.8 Å². The number of halogens is 3. The Morgan fingerprint density at radius 1 is 0.917 bits per heavy atom. The highest BCUT2D eigenvalue weighted by Gasteiger charge is 2.31. The summed E-state index contributed by atoms with van der Waals surface area (Å²) in [5.74, 6) is -2.67. The molecule has 0 aliphatic carbocycles. The van der Waals surface area contributed by atoms with Gasteiger partial charge in [0, 0.05) is 29.3 Å². The first-order valence-corrected chi connectivity index (χ1v) is 9.72. The maximum atomic E-state index is 13.0.